The van der Waals surface area contributed by atoms with Crippen LogP contribution in [0.2, 0.25) is 0 Å². The maximum absolute atomic E-state index is 13.1. The molecule has 0 spiro atoms. The van der Waals surface area contributed by atoms with E-state index in [1.165, 1.54) is 10.5 Å². The van der Waals surface area contributed by atoms with Crippen LogP contribution in [0.25, 0.3) is 5.65 Å². The van der Waals surface area contributed by atoms with Crippen LogP contribution < -0.4 is 5.32 Å². The molecule has 4 rings (SSSR count). The molecule has 0 aliphatic carbocycles. The molecule has 1 N–H and O–H groups in total. The van der Waals surface area contributed by atoms with Crippen LogP contribution >= 0.6 is 0 Å². The van der Waals surface area contributed by atoms with E-state index in [4.69, 9.17) is 4.74 Å². The predicted octanol–water partition coefficient (Wildman–Crippen LogP) is 2.37. The summed E-state index contributed by atoms with van der Waals surface area (Å²) >= 11 is 0. The van der Waals surface area contributed by atoms with Crippen molar-refractivity contribution in [3.05, 3.63) is 52.5 Å². The van der Waals surface area contributed by atoms with Crippen LogP contribution in [-0.2, 0) is 32.4 Å². The third-order valence-corrected chi connectivity index (χ3v) is 8.17. The number of sulfonamides is 1. The highest BCUT2D eigenvalue weighted by Gasteiger charge is 2.27. The molecule has 11 heteroatoms. The highest BCUT2D eigenvalue weighted by molar-refractivity contribution is 7.89. The van der Waals surface area contributed by atoms with Gasteiger partial charge in [0.15, 0.2) is 5.65 Å². The van der Waals surface area contributed by atoms with Gasteiger partial charge in [0.05, 0.1) is 24.3 Å². The Kier molecular flexibility index (Phi) is 7.16. The molecule has 1 amide bonds. The summed E-state index contributed by atoms with van der Waals surface area (Å²) in [4.78, 5) is 17.5. The molecular weight excluding hydrogens is 468 g/mol. The van der Waals surface area contributed by atoms with E-state index in [1.54, 1.807) is 22.7 Å². The van der Waals surface area contributed by atoms with Crippen molar-refractivity contribution in [2.75, 3.05) is 31.6 Å². The zero-order valence-electron chi connectivity index (χ0n) is 20.0. The number of carbonyl (C=O) groups excluding carboxylic acids is 1. The summed E-state index contributed by atoms with van der Waals surface area (Å²) in [6.45, 7) is 7.04. The lowest BCUT2D eigenvalue weighted by molar-refractivity contribution is -0.116. The van der Waals surface area contributed by atoms with Crippen molar-refractivity contribution in [2.24, 2.45) is 0 Å². The van der Waals surface area contributed by atoms with Crippen molar-refractivity contribution < 1.29 is 17.9 Å². The van der Waals surface area contributed by atoms with Gasteiger partial charge in [0, 0.05) is 36.6 Å². The SMILES string of the molecule is CCc1ccc(S(=O)(=O)N2CCOCC2)cc1NC(=O)CCc1c(C)nc2c(C#N)cnn2c1C. The second-order valence-electron chi connectivity index (χ2n) is 8.40. The smallest absolute Gasteiger partial charge is 0.243 e. The minimum atomic E-state index is -3.67. The Hall–Kier alpha value is -3.33. The third-order valence-electron chi connectivity index (χ3n) is 6.28. The third kappa shape index (κ3) is 4.91. The molecule has 184 valence electrons. The molecule has 1 saturated heterocycles. The molecule has 0 unspecified atom stereocenters. The zero-order chi connectivity index (χ0) is 25.2. The lowest BCUT2D eigenvalue weighted by Gasteiger charge is -2.26. The van der Waals surface area contributed by atoms with Gasteiger partial charge >= 0.3 is 0 Å². The molecule has 3 aromatic rings. The van der Waals surface area contributed by atoms with Crippen LogP contribution in [0.15, 0.2) is 29.3 Å². The molecule has 0 saturated carbocycles. The Labute approximate surface area is 204 Å². The van der Waals surface area contributed by atoms with Gasteiger partial charge in [-0.3, -0.25) is 4.79 Å². The maximum atomic E-state index is 13.1. The monoisotopic (exact) mass is 496 g/mol. The number of hydrogen-bond donors (Lipinski definition) is 1. The lowest BCUT2D eigenvalue weighted by Crippen LogP contribution is -2.40. The van der Waals surface area contributed by atoms with Crippen molar-refractivity contribution in [1.29, 1.82) is 5.26 Å². The summed E-state index contributed by atoms with van der Waals surface area (Å²) in [5.41, 5.74) is 4.72. The minimum Gasteiger partial charge on any atom is -0.379 e. The average molecular weight is 497 g/mol. The van der Waals surface area contributed by atoms with Gasteiger partial charge in [0.2, 0.25) is 15.9 Å². The van der Waals surface area contributed by atoms with E-state index in [0.717, 1.165) is 22.5 Å². The van der Waals surface area contributed by atoms with E-state index in [-0.39, 0.29) is 17.2 Å². The van der Waals surface area contributed by atoms with Gasteiger partial charge in [-0.25, -0.2) is 17.9 Å². The Balaban J connectivity index is 1.52. The molecule has 10 nitrogen and oxygen atoms in total. The van der Waals surface area contributed by atoms with Crippen LogP contribution in [0.1, 0.15) is 41.4 Å². The largest absolute Gasteiger partial charge is 0.379 e. The Morgan fingerprint density at radius 1 is 1.26 bits per heavy atom. The number of rotatable bonds is 7. The van der Waals surface area contributed by atoms with Gasteiger partial charge in [0.1, 0.15) is 11.6 Å². The summed E-state index contributed by atoms with van der Waals surface area (Å²) in [6, 6.07) is 6.97. The van der Waals surface area contributed by atoms with E-state index in [1.807, 2.05) is 20.8 Å². The molecule has 3 heterocycles. The van der Waals surface area contributed by atoms with Crippen molar-refractivity contribution in [3.63, 3.8) is 0 Å². The topological polar surface area (TPSA) is 130 Å². The molecule has 0 radical (unpaired) electrons. The average Bonchev–Trinajstić information content (AvgIpc) is 3.27. The minimum absolute atomic E-state index is 0.153. The quantitative estimate of drug-likeness (QED) is 0.531. The normalized spacial score (nSPS) is 14.7. The van der Waals surface area contributed by atoms with Crippen molar-refractivity contribution in [3.8, 4) is 6.07 Å². The predicted molar refractivity (Wildman–Crippen MR) is 130 cm³/mol. The van der Waals surface area contributed by atoms with Crippen molar-refractivity contribution >= 4 is 27.3 Å². The van der Waals surface area contributed by atoms with E-state index >= 15 is 0 Å². The zero-order valence-corrected chi connectivity index (χ0v) is 20.9. The first-order valence-electron chi connectivity index (χ1n) is 11.5. The first kappa shape index (κ1) is 24.8. The molecule has 1 aliphatic heterocycles. The number of benzene rings is 1. The van der Waals surface area contributed by atoms with Gasteiger partial charge in [-0.15, -0.1) is 0 Å². The Bertz CT molecular complexity index is 1420. The molecular formula is C24H28N6O4S. The maximum Gasteiger partial charge on any atom is 0.243 e. The fraction of sp³-hybridized carbons (Fsp3) is 0.417. The second-order valence-corrected chi connectivity index (χ2v) is 10.3. The lowest BCUT2D eigenvalue weighted by atomic mass is 10.1. The van der Waals surface area contributed by atoms with Crippen LogP contribution in [-0.4, -0.2) is 59.5 Å². The molecule has 0 atom stereocenters. The fourth-order valence-corrected chi connectivity index (χ4v) is 5.71. The molecule has 0 bridgehead atoms. The van der Waals surface area contributed by atoms with E-state index in [2.05, 4.69) is 21.5 Å². The first-order chi connectivity index (χ1) is 16.8. The Morgan fingerprint density at radius 2 is 2.00 bits per heavy atom. The van der Waals surface area contributed by atoms with Gasteiger partial charge in [-0.1, -0.05) is 13.0 Å². The van der Waals surface area contributed by atoms with Crippen molar-refractivity contribution in [1.82, 2.24) is 18.9 Å². The number of aromatic nitrogens is 3. The summed E-state index contributed by atoms with van der Waals surface area (Å²) in [7, 11) is -3.67. The van der Waals surface area contributed by atoms with E-state index in [9.17, 15) is 18.5 Å². The van der Waals surface area contributed by atoms with Gasteiger partial charge < -0.3 is 10.1 Å². The standard InChI is InChI=1S/C24H28N6O4S/c1-4-18-5-6-20(35(32,33)29-9-11-34-12-10-29)13-22(18)28-23(31)8-7-21-16(2)27-24-19(14-25)15-26-30(24)17(21)3/h5-6,13,15H,4,7-12H2,1-3H3,(H,28,31). The number of hydrogen-bond acceptors (Lipinski definition) is 7. The van der Waals surface area contributed by atoms with Crippen LogP contribution in [0.3, 0.4) is 0 Å². The summed E-state index contributed by atoms with van der Waals surface area (Å²) < 4.78 is 34.4. The number of amides is 1. The van der Waals surface area contributed by atoms with Gasteiger partial charge in [-0.2, -0.15) is 14.7 Å². The molecule has 1 aliphatic rings. The fourth-order valence-electron chi connectivity index (χ4n) is 4.28. The number of fused-ring (bicyclic) bond motifs is 1. The molecule has 2 aromatic heterocycles. The summed E-state index contributed by atoms with van der Waals surface area (Å²) in [6.07, 6.45) is 2.74. The van der Waals surface area contributed by atoms with Crippen LogP contribution in [0.5, 0.6) is 0 Å². The number of nitrogens with zero attached hydrogens (tertiary/aromatic N) is 5. The van der Waals surface area contributed by atoms with E-state index in [0.29, 0.717) is 56.0 Å². The molecule has 1 aromatic carbocycles. The van der Waals surface area contributed by atoms with Gasteiger partial charge in [-0.05, 0) is 49.9 Å². The Morgan fingerprint density at radius 3 is 2.69 bits per heavy atom. The number of carbonyl (C=O) groups is 1. The number of morpholine rings is 1. The first-order valence-corrected chi connectivity index (χ1v) is 12.9. The molecule has 35 heavy (non-hydrogen) atoms. The highest BCUT2D eigenvalue weighted by Crippen LogP contribution is 2.25. The number of anilines is 1. The highest BCUT2D eigenvalue weighted by atomic mass is 32.2. The number of nitrogens with one attached hydrogen (secondary N) is 1. The van der Waals surface area contributed by atoms with Crippen LogP contribution in [0, 0.1) is 25.2 Å². The number of aryl methyl sites for hydroxylation is 3. The van der Waals surface area contributed by atoms with Crippen molar-refractivity contribution in [2.45, 2.75) is 44.9 Å². The number of nitriles is 1. The number of ether oxygens (including phenoxy) is 1. The van der Waals surface area contributed by atoms with E-state index < -0.39 is 10.0 Å². The molecule has 1 fully saturated rings. The van der Waals surface area contributed by atoms with Crippen LogP contribution in [0.4, 0.5) is 5.69 Å². The summed E-state index contributed by atoms with van der Waals surface area (Å²) in [5, 5.41) is 16.4. The van der Waals surface area contributed by atoms with Gasteiger partial charge in [0.25, 0.3) is 0 Å². The summed E-state index contributed by atoms with van der Waals surface area (Å²) in [5.74, 6) is -0.224. The second kappa shape index (κ2) is 10.1.